The van der Waals surface area contributed by atoms with Crippen molar-refractivity contribution in [3.63, 3.8) is 0 Å². The van der Waals surface area contributed by atoms with Crippen LogP contribution in [-0.2, 0) is 0 Å². The van der Waals surface area contributed by atoms with Gasteiger partial charge in [0.25, 0.3) is 0 Å². The van der Waals surface area contributed by atoms with E-state index in [9.17, 15) is 0 Å². The molecule has 1 fully saturated rings. The molecule has 20 heavy (non-hydrogen) atoms. The van der Waals surface area contributed by atoms with Crippen molar-refractivity contribution in [2.45, 2.75) is 58.5 Å². The van der Waals surface area contributed by atoms with Gasteiger partial charge < -0.3 is 10.2 Å². The zero-order chi connectivity index (χ0) is 14.4. The van der Waals surface area contributed by atoms with E-state index in [1.54, 1.807) is 0 Å². The molecule has 112 valence electrons. The molecule has 0 aliphatic carbocycles. The largest absolute Gasteiger partial charge is 0.310 e. The number of nitrogens with one attached hydrogen (secondary N) is 1. The van der Waals surface area contributed by atoms with Crippen LogP contribution in [0, 0.1) is 6.92 Å². The molecule has 2 atom stereocenters. The summed E-state index contributed by atoms with van der Waals surface area (Å²) in [6.07, 6.45) is 5.30. The monoisotopic (exact) mass is 274 g/mol. The van der Waals surface area contributed by atoms with Crippen molar-refractivity contribution in [3.8, 4) is 0 Å². The molecule has 1 heterocycles. The average Bonchev–Trinajstić information content (AvgIpc) is 2.92. The van der Waals surface area contributed by atoms with Gasteiger partial charge in [-0.1, -0.05) is 43.7 Å². The lowest BCUT2D eigenvalue weighted by Gasteiger charge is -2.26. The number of hydrogen-bond acceptors (Lipinski definition) is 2. The lowest BCUT2D eigenvalue weighted by molar-refractivity contribution is 0.234. The topological polar surface area (TPSA) is 15.3 Å². The fraction of sp³-hybridized carbons (Fsp3) is 0.667. The van der Waals surface area contributed by atoms with Gasteiger partial charge in [0.2, 0.25) is 0 Å². The molecule has 1 aromatic carbocycles. The second-order valence-corrected chi connectivity index (χ2v) is 6.05. The van der Waals surface area contributed by atoms with Gasteiger partial charge in [0.15, 0.2) is 0 Å². The van der Waals surface area contributed by atoms with Crippen LogP contribution in [0.15, 0.2) is 24.3 Å². The van der Waals surface area contributed by atoms with E-state index < -0.39 is 0 Å². The first-order valence-corrected chi connectivity index (χ1v) is 8.28. The van der Waals surface area contributed by atoms with Crippen molar-refractivity contribution in [2.75, 3.05) is 19.6 Å². The smallest absolute Gasteiger partial charge is 0.0332 e. The third-order valence-electron chi connectivity index (χ3n) is 4.61. The van der Waals surface area contributed by atoms with Gasteiger partial charge >= 0.3 is 0 Å². The quantitative estimate of drug-likeness (QED) is 0.811. The number of aryl methyl sites for hydroxylation is 1. The first-order valence-electron chi connectivity index (χ1n) is 8.28. The van der Waals surface area contributed by atoms with Crippen molar-refractivity contribution in [1.82, 2.24) is 10.2 Å². The van der Waals surface area contributed by atoms with Crippen LogP contribution in [0.4, 0.5) is 0 Å². The first kappa shape index (κ1) is 15.5. The maximum Gasteiger partial charge on any atom is 0.0332 e. The molecule has 1 aromatic rings. The summed E-state index contributed by atoms with van der Waals surface area (Å²) in [6, 6.07) is 10.3. The van der Waals surface area contributed by atoms with E-state index in [-0.39, 0.29) is 0 Å². The standard InChI is InChI=1S/C18H30N2/c1-4-17-7-6-13-20(17)14-12-18(19-5-2)16-10-8-15(3)9-11-16/h8-11,17-19H,4-7,12-14H2,1-3H3. The minimum absolute atomic E-state index is 0.499. The van der Waals surface area contributed by atoms with Crippen molar-refractivity contribution in [3.05, 3.63) is 35.4 Å². The van der Waals surface area contributed by atoms with Gasteiger partial charge in [-0.3, -0.25) is 0 Å². The van der Waals surface area contributed by atoms with E-state index in [2.05, 4.69) is 55.3 Å². The number of nitrogens with zero attached hydrogens (tertiary/aromatic N) is 1. The number of likely N-dealkylation sites (tertiary alicyclic amines) is 1. The molecule has 1 saturated heterocycles. The van der Waals surface area contributed by atoms with Crippen LogP contribution in [0.3, 0.4) is 0 Å². The molecule has 0 aromatic heterocycles. The molecule has 0 spiro atoms. The Labute approximate surface area is 124 Å². The van der Waals surface area contributed by atoms with Crippen LogP contribution in [0.2, 0.25) is 0 Å². The minimum atomic E-state index is 0.499. The van der Waals surface area contributed by atoms with E-state index in [1.807, 2.05) is 0 Å². The van der Waals surface area contributed by atoms with E-state index >= 15 is 0 Å². The molecular weight excluding hydrogens is 244 g/mol. The van der Waals surface area contributed by atoms with Crippen molar-refractivity contribution in [2.24, 2.45) is 0 Å². The highest BCUT2D eigenvalue weighted by molar-refractivity contribution is 5.24. The summed E-state index contributed by atoms with van der Waals surface area (Å²) in [5, 5.41) is 3.65. The maximum absolute atomic E-state index is 3.65. The minimum Gasteiger partial charge on any atom is -0.310 e. The number of hydrogen-bond donors (Lipinski definition) is 1. The van der Waals surface area contributed by atoms with E-state index in [4.69, 9.17) is 0 Å². The number of rotatable bonds is 7. The average molecular weight is 274 g/mol. The van der Waals surface area contributed by atoms with Crippen LogP contribution in [0.25, 0.3) is 0 Å². The van der Waals surface area contributed by atoms with Crippen LogP contribution < -0.4 is 5.32 Å². The summed E-state index contributed by atoms with van der Waals surface area (Å²) in [7, 11) is 0. The lowest BCUT2D eigenvalue weighted by atomic mass is 10.0. The highest BCUT2D eigenvalue weighted by Gasteiger charge is 2.23. The fourth-order valence-electron chi connectivity index (χ4n) is 3.38. The predicted octanol–water partition coefficient (Wildman–Crippen LogP) is 3.91. The van der Waals surface area contributed by atoms with Gasteiger partial charge in [-0.15, -0.1) is 0 Å². The highest BCUT2D eigenvalue weighted by Crippen LogP contribution is 2.23. The summed E-state index contributed by atoms with van der Waals surface area (Å²) in [5.41, 5.74) is 2.78. The predicted molar refractivity (Wildman–Crippen MR) is 87.1 cm³/mol. The summed E-state index contributed by atoms with van der Waals surface area (Å²) >= 11 is 0. The molecule has 2 rings (SSSR count). The van der Waals surface area contributed by atoms with Crippen molar-refractivity contribution >= 4 is 0 Å². The highest BCUT2D eigenvalue weighted by atomic mass is 15.2. The molecule has 2 nitrogen and oxygen atoms in total. The Morgan fingerprint density at radius 3 is 2.65 bits per heavy atom. The van der Waals surface area contributed by atoms with Crippen molar-refractivity contribution < 1.29 is 0 Å². The van der Waals surface area contributed by atoms with Gasteiger partial charge in [-0.25, -0.2) is 0 Å². The SMILES string of the molecule is CCNC(CCN1CCCC1CC)c1ccc(C)cc1. The fourth-order valence-corrected chi connectivity index (χ4v) is 3.38. The summed E-state index contributed by atoms with van der Waals surface area (Å²) in [4.78, 5) is 2.69. The molecule has 0 radical (unpaired) electrons. The van der Waals surface area contributed by atoms with E-state index in [1.165, 1.54) is 49.9 Å². The van der Waals surface area contributed by atoms with Gasteiger partial charge in [0, 0.05) is 18.6 Å². The maximum atomic E-state index is 3.65. The second-order valence-electron chi connectivity index (χ2n) is 6.05. The Kier molecular flexibility index (Phi) is 6.06. The van der Waals surface area contributed by atoms with Gasteiger partial charge in [-0.05, 0) is 51.3 Å². The van der Waals surface area contributed by atoms with Crippen LogP contribution >= 0.6 is 0 Å². The summed E-state index contributed by atoms with van der Waals surface area (Å²) in [5.74, 6) is 0. The molecule has 1 aliphatic rings. The molecule has 1 aliphatic heterocycles. The molecular formula is C18H30N2. The molecule has 0 bridgehead atoms. The Morgan fingerprint density at radius 2 is 2.00 bits per heavy atom. The zero-order valence-corrected chi connectivity index (χ0v) is 13.4. The van der Waals surface area contributed by atoms with Crippen molar-refractivity contribution in [1.29, 1.82) is 0 Å². The molecule has 0 saturated carbocycles. The van der Waals surface area contributed by atoms with Gasteiger partial charge in [0.1, 0.15) is 0 Å². The Bertz CT molecular complexity index is 385. The first-order chi connectivity index (χ1) is 9.74. The summed E-state index contributed by atoms with van der Waals surface area (Å²) in [6.45, 7) is 10.2. The normalized spacial score (nSPS) is 21.2. The third-order valence-corrected chi connectivity index (χ3v) is 4.61. The van der Waals surface area contributed by atoms with Crippen LogP contribution in [0.1, 0.15) is 56.7 Å². The molecule has 2 unspecified atom stereocenters. The number of benzene rings is 1. The van der Waals surface area contributed by atoms with E-state index in [0.717, 1.165) is 12.6 Å². The molecule has 2 heteroatoms. The van der Waals surface area contributed by atoms with Crippen LogP contribution in [0.5, 0.6) is 0 Å². The van der Waals surface area contributed by atoms with Gasteiger partial charge in [0.05, 0.1) is 0 Å². The Balaban J connectivity index is 1.93. The van der Waals surface area contributed by atoms with Gasteiger partial charge in [-0.2, -0.15) is 0 Å². The molecule has 1 N–H and O–H groups in total. The molecule has 0 amide bonds. The zero-order valence-electron chi connectivity index (χ0n) is 13.4. The van der Waals surface area contributed by atoms with Crippen LogP contribution in [-0.4, -0.2) is 30.6 Å². The second kappa shape index (κ2) is 7.80. The third kappa shape index (κ3) is 4.07. The Hall–Kier alpha value is -0.860. The summed E-state index contributed by atoms with van der Waals surface area (Å²) < 4.78 is 0. The Morgan fingerprint density at radius 1 is 1.25 bits per heavy atom. The van der Waals surface area contributed by atoms with E-state index in [0.29, 0.717) is 6.04 Å². The lowest BCUT2D eigenvalue weighted by Crippen LogP contribution is -2.32.